The average molecular weight is 228 g/mol. The molecule has 1 aliphatic rings. The average Bonchev–Trinajstić information content (AvgIpc) is 2.78. The van der Waals surface area contributed by atoms with Gasteiger partial charge in [-0.1, -0.05) is 24.3 Å². The van der Waals surface area contributed by atoms with Crippen LogP contribution in [0.2, 0.25) is 0 Å². The maximum atomic E-state index is 9.65. The van der Waals surface area contributed by atoms with E-state index in [1.54, 1.807) is 4.90 Å². The van der Waals surface area contributed by atoms with Gasteiger partial charge in [-0.3, -0.25) is 0 Å². The molecule has 1 aliphatic heterocycles. The lowest BCUT2D eigenvalue weighted by Crippen LogP contribution is -3.07. The van der Waals surface area contributed by atoms with Gasteiger partial charge in [-0.05, 0) is 29.3 Å². The van der Waals surface area contributed by atoms with Gasteiger partial charge in [0, 0.05) is 11.1 Å². The van der Waals surface area contributed by atoms with E-state index in [9.17, 15) is 5.11 Å². The summed E-state index contributed by atoms with van der Waals surface area (Å²) in [6.45, 7) is 5.69. The number of fused-ring (bicyclic) bond motifs is 2. The molecule has 1 unspecified atom stereocenters. The van der Waals surface area contributed by atoms with Crippen LogP contribution in [0.15, 0.2) is 30.3 Å². The lowest BCUT2D eigenvalue weighted by molar-refractivity contribution is -0.918. The maximum absolute atomic E-state index is 9.65. The Morgan fingerprint density at radius 2 is 2.06 bits per heavy atom. The first kappa shape index (κ1) is 10.8. The van der Waals surface area contributed by atoms with Gasteiger partial charge in [0.05, 0.1) is 13.2 Å². The van der Waals surface area contributed by atoms with E-state index in [0.717, 1.165) is 25.2 Å². The monoisotopic (exact) mass is 228 g/mol. The quantitative estimate of drug-likeness (QED) is 0.794. The molecule has 2 aromatic rings. The number of aliphatic hydroxyl groups excluding tert-OH is 1. The zero-order valence-electron chi connectivity index (χ0n) is 10.2. The smallest absolute Gasteiger partial charge is 0.104 e. The van der Waals surface area contributed by atoms with Crippen LogP contribution in [0.3, 0.4) is 0 Å². The molecule has 0 amide bonds. The number of hydrogen-bond acceptors (Lipinski definition) is 1. The highest BCUT2D eigenvalue weighted by Crippen LogP contribution is 2.27. The number of benzene rings is 2. The lowest BCUT2D eigenvalue weighted by atomic mass is 9.96. The van der Waals surface area contributed by atoms with Crippen LogP contribution in [0.1, 0.15) is 23.6 Å². The molecule has 0 fully saturated rings. The van der Waals surface area contributed by atoms with Crippen molar-refractivity contribution in [1.82, 2.24) is 0 Å². The molecule has 0 saturated carbocycles. The molecule has 0 spiro atoms. The Labute approximate surface area is 101 Å². The Balaban J connectivity index is 2.24. The minimum Gasteiger partial charge on any atom is -0.392 e. The van der Waals surface area contributed by atoms with E-state index in [4.69, 9.17) is 0 Å². The first-order valence-electron chi connectivity index (χ1n) is 6.30. The molecule has 17 heavy (non-hydrogen) atoms. The number of nitrogens with one attached hydrogen (secondary N) is 1. The zero-order valence-corrected chi connectivity index (χ0v) is 10.2. The van der Waals surface area contributed by atoms with E-state index in [2.05, 4.69) is 31.2 Å². The Morgan fingerprint density at radius 1 is 1.24 bits per heavy atom. The van der Waals surface area contributed by atoms with Crippen molar-refractivity contribution in [3.8, 4) is 0 Å². The number of aliphatic hydroxyl groups is 1. The van der Waals surface area contributed by atoms with E-state index < -0.39 is 0 Å². The second-order valence-corrected chi connectivity index (χ2v) is 4.83. The van der Waals surface area contributed by atoms with E-state index >= 15 is 0 Å². The van der Waals surface area contributed by atoms with E-state index in [1.807, 2.05) is 6.07 Å². The summed E-state index contributed by atoms with van der Waals surface area (Å²) in [5, 5.41) is 12.1. The molecule has 1 heterocycles. The van der Waals surface area contributed by atoms with Crippen LogP contribution >= 0.6 is 0 Å². The maximum Gasteiger partial charge on any atom is 0.104 e. The SMILES string of the molecule is CC[NH+]1Cc2cc3ccccc3c(CO)c2C1. The van der Waals surface area contributed by atoms with E-state index in [1.165, 1.54) is 21.9 Å². The molecule has 2 nitrogen and oxygen atoms in total. The van der Waals surface area contributed by atoms with Crippen LogP contribution in [-0.4, -0.2) is 11.7 Å². The van der Waals surface area contributed by atoms with Gasteiger partial charge in [-0.2, -0.15) is 0 Å². The molecule has 0 saturated heterocycles. The fraction of sp³-hybridized carbons (Fsp3) is 0.333. The summed E-state index contributed by atoms with van der Waals surface area (Å²) >= 11 is 0. The van der Waals surface area contributed by atoms with Crippen molar-refractivity contribution in [3.63, 3.8) is 0 Å². The van der Waals surface area contributed by atoms with Crippen molar-refractivity contribution in [2.24, 2.45) is 0 Å². The summed E-state index contributed by atoms with van der Waals surface area (Å²) < 4.78 is 0. The van der Waals surface area contributed by atoms with E-state index in [-0.39, 0.29) is 6.61 Å². The predicted molar refractivity (Wildman–Crippen MR) is 68.8 cm³/mol. The van der Waals surface area contributed by atoms with Crippen LogP contribution in [0.4, 0.5) is 0 Å². The highest BCUT2D eigenvalue weighted by molar-refractivity contribution is 5.87. The summed E-state index contributed by atoms with van der Waals surface area (Å²) in [6.07, 6.45) is 0. The van der Waals surface area contributed by atoms with Crippen LogP contribution < -0.4 is 4.90 Å². The molecular weight excluding hydrogens is 210 g/mol. The normalized spacial score (nSPS) is 18.6. The molecule has 0 bridgehead atoms. The minimum absolute atomic E-state index is 0.153. The summed E-state index contributed by atoms with van der Waals surface area (Å²) in [6, 6.07) is 10.7. The lowest BCUT2D eigenvalue weighted by Gasteiger charge is -2.09. The Hall–Kier alpha value is -1.38. The first-order chi connectivity index (χ1) is 8.33. The van der Waals surface area contributed by atoms with Crippen molar-refractivity contribution in [2.45, 2.75) is 26.6 Å². The van der Waals surface area contributed by atoms with Crippen LogP contribution in [0.25, 0.3) is 10.8 Å². The van der Waals surface area contributed by atoms with Gasteiger partial charge in [0.25, 0.3) is 0 Å². The van der Waals surface area contributed by atoms with Gasteiger partial charge >= 0.3 is 0 Å². The standard InChI is InChI=1S/C15H17NO/c1-2-16-8-12-7-11-5-3-4-6-13(11)15(10-17)14(12)9-16/h3-7,17H,2,8-10H2,1H3/p+1. The van der Waals surface area contributed by atoms with Crippen molar-refractivity contribution in [2.75, 3.05) is 6.54 Å². The highest BCUT2D eigenvalue weighted by atomic mass is 16.3. The molecular formula is C15H18NO+. The third kappa shape index (κ3) is 1.65. The van der Waals surface area contributed by atoms with Gasteiger partial charge in [0.2, 0.25) is 0 Å². The molecule has 1 atom stereocenters. The largest absolute Gasteiger partial charge is 0.392 e. The van der Waals surface area contributed by atoms with Crippen molar-refractivity contribution in [1.29, 1.82) is 0 Å². The van der Waals surface area contributed by atoms with Gasteiger partial charge < -0.3 is 10.0 Å². The zero-order chi connectivity index (χ0) is 11.8. The minimum atomic E-state index is 0.153. The van der Waals surface area contributed by atoms with Gasteiger partial charge in [0.1, 0.15) is 13.1 Å². The molecule has 2 aromatic carbocycles. The van der Waals surface area contributed by atoms with Gasteiger partial charge in [-0.15, -0.1) is 0 Å². The van der Waals surface area contributed by atoms with Crippen LogP contribution in [-0.2, 0) is 19.7 Å². The van der Waals surface area contributed by atoms with Crippen LogP contribution in [0, 0.1) is 0 Å². The second kappa shape index (κ2) is 4.13. The summed E-state index contributed by atoms with van der Waals surface area (Å²) in [7, 11) is 0. The number of hydrogen-bond donors (Lipinski definition) is 2. The molecule has 88 valence electrons. The fourth-order valence-electron chi connectivity index (χ4n) is 2.92. The van der Waals surface area contributed by atoms with Crippen LogP contribution in [0.5, 0.6) is 0 Å². The van der Waals surface area contributed by atoms with Gasteiger partial charge in [0.15, 0.2) is 0 Å². The van der Waals surface area contributed by atoms with Gasteiger partial charge in [-0.25, -0.2) is 0 Å². The van der Waals surface area contributed by atoms with E-state index in [0.29, 0.717) is 0 Å². The third-order valence-corrected chi connectivity index (χ3v) is 3.89. The molecule has 2 N–H and O–H groups in total. The third-order valence-electron chi connectivity index (χ3n) is 3.89. The summed E-state index contributed by atoms with van der Waals surface area (Å²) in [5.74, 6) is 0. The molecule has 0 radical (unpaired) electrons. The Bertz CT molecular complexity index is 562. The summed E-state index contributed by atoms with van der Waals surface area (Å²) in [5.41, 5.74) is 3.94. The van der Waals surface area contributed by atoms with Crippen molar-refractivity contribution >= 4 is 10.8 Å². The van der Waals surface area contributed by atoms with Crippen molar-refractivity contribution in [3.05, 3.63) is 47.0 Å². The molecule has 0 aliphatic carbocycles. The topological polar surface area (TPSA) is 24.7 Å². The molecule has 3 rings (SSSR count). The highest BCUT2D eigenvalue weighted by Gasteiger charge is 2.25. The first-order valence-corrected chi connectivity index (χ1v) is 6.30. The second-order valence-electron chi connectivity index (χ2n) is 4.83. The van der Waals surface area contributed by atoms with Crippen molar-refractivity contribution < 1.29 is 10.0 Å². The number of quaternary nitrogens is 1. The summed E-state index contributed by atoms with van der Waals surface area (Å²) in [4.78, 5) is 1.59. The Morgan fingerprint density at radius 3 is 2.82 bits per heavy atom. The Kier molecular flexibility index (Phi) is 2.61. The fourth-order valence-corrected chi connectivity index (χ4v) is 2.92. The number of rotatable bonds is 2. The predicted octanol–water partition coefficient (Wildman–Crippen LogP) is 1.25. The molecule has 2 heteroatoms. The molecule has 0 aromatic heterocycles.